The van der Waals surface area contributed by atoms with Crippen molar-refractivity contribution in [3.8, 4) is 6.07 Å². The quantitative estimate of drug-likeness (QED) is 0.258. The summed E-state index contributed by atoms with van der Waals surface area (Å²) in [4.78, 5) is 22.4. The molecule has 0 unspecified atom stereocenters. The summed E-state index contributed by atoms with van der Waals surface area (Å²) in [6.07, 6.45) is 2.54. The number of rotatable bonds is 6. The molecule has 4 rings (SSSR count). The van der Waals surface area contributed by atoms with Crippen LogP contribution in [0.25, 0.3) is 10.9 Å². The second-order valence-electron chi connectivity index (χ2n) is 7.05. The largest absolute Gasteiger partial charge is 0.271 e. The van der Waals surface area contributed by atoms with Gasteiger partial charge < -0.3 is 0 Å². The van der Waals surface area contributed by atoms with Crippen LogP contribution in [0.4, 0.5) is 5.69 Å². The van der Waals surface area contributed by atoms with Crippen molar-refractivity contribution < 1.29 is 18.1 Å². The molecule has 1 aromatic heterocycles. The van der Waals surface area contributed by atoms with E-state index in [0.29, 0.717) is 22.1 Å². The van der Waals surface area contributed by atoms with Gasteiger partial charge in [0.2, 0.25) is 0 Å². The number of nitro groups is 1. The first-order valence-electron chi connectivity index (χ1n) is 9.75. The van der Waals surface area contributed by atoms with Crippen molar-refractivity contribution in [2.24, 2.45) is 5.10 Å². The van der Waals surface area contributed by atoms with Gasteiger partial charge in [-0.1, -0.05) is 24.3 Å². The van der Waals surface area contributed by atoms with E-state index in [1.807, 2.05) is 6.07 Å². The fraction of sp³-hybridized carbons (Fsp3) is 0. The molecule has 0 atom stereocenters. The highest BCUT2D eigenvalue weighted by Crippen LogP contribution is 2.27. The molecule has 1 heterocycles. The second-order valence-corrected chi connectivity index (χ2v) is 8.86. The Morgan fingerprint density at radius 3 is 2.56 bits per heavy atom. The van der Waals surface area contributed by atoms with Gasteiger partial charge in [0.1, 0.15) is 0 Å². The molecule has 0 radical (unpaired) electrons. The summed E-state index contributed by atoms with van der Waals surface area (Å²) in [5.74, 6) is -0.456. The fourth-order valence-electron chi connectivity index (χ4n) is 3.28. The molecule has 0 saturated heterocycles. The van der Waals surface area contributed by atoms with E-state index in [2.05, 4.69) is 10.5 Å². The van der Waals surface area contributed by atoms with Gasteiger partial charge in [0, 0.05) is 34.8 Å². The topological polar surface area (TPSA) is 147 Å². The third-order valence-electron chi connectivity index (χ3n) is 4.92. The molecular weight excluding hydrogens is 458 g/mol. The van der Waals surface area contributed by atoms with Crippen LogP contribution < -0.4 is 5.43 Å². The van der Waals surface area contributed by atoms with E-state index in [1.54, 1.807) is 30.3 Å². The number of carbonyl (C=O) groups excluding carboxylic acids is 1. The van der Waals surface area contributed by atoms with Gasteiger partial charge >= 0.3 is 0 Å². The third kappa shape index (κ3) is 4.25. The van der Waals surface area contributed by atoms with Gasteiger partial charge in [-0.3, -0.25) is 14.9 Å². The molecule has 0 fully saturated rings. The molecule has 0 spiro atoms. The number of amides is 1. The lowest BCUT2D eigenvalue weighted by atomic mass is 10.1. The maximum Gasteiger partial charge on any atom is 0.271 e. The minimum atomic E-state index is -4.22. The molecule has 1 N–H and O–H groups in total. The van der Waals surface area contributed by atoms with Crippen LogP contribution in [0, 0.1) is 21.4 Å². The summed E-state index contributed by atoms with van der Waals surface area (Å²) in [7, 11) is -4.22. The Morgan fingerprint density at radius 1 is 1.09 bits per heavy atom. The highest BCUT2D eigenvalue weighted by molar-refractivity contribution is 7.90. The molecule has 0 aliphatic heterocycles. The van der Waals surface area contributed by atoms with Crippen LogP contribution in [-0.2, 0) is 10.0 Å². The van der Waals surface area contributed by atoms with Crippen LogP contribution in [0.1, 0.15) is 21.5 Å². The Labute approximate surface area is 193 Å². The Morgan fingerprint density at radius 2 is 1.85 bits per heavy atom. The van der Waals surface area contributed by atoms with Gasteiger partial charge in [-0.25, -0.2) is 17.8 Å². The zero-order valence-corrected chi connectivity index (χ0v) is 18.1. The number of hydrogen-bond acceptors (Lipinski definition) is 7. The van der Waals surface area contributed by atoms with Crippen molar-refractivity contribution in [3.05, 3.63) is 106 Å². The van der Waals surface area contributed by atoms with Crippen molar-refractivity contribution in [1.82, 2.24) is 9.40 Å². The van der Waals surface area contributed by atoms with Crippen molar-refractivity contribution >= 4 is 38.7 Å². The lowest BCUT2D eigenvalue weighted by Gasteiger charge is -2.07. The Balaban J connectivity index is 1.77. The Bertz CT molecular complexity index is 1600. The lowest BCUT2D eigenvalue weighted by molar-refractivity contribution is -0.385. The van der Waals surface area contributed by atoms with Crippen molar-refractivity contribution in [2.75, 3.05) is 0 Å². The third-order valence-corrected chi connectivity index (χ3v) is 6.59. The van der Waals surface area contributed by atoms with Gasteiger partial charge in [-0.05, 0) is 36.4 Å². The van der Waals surface area contributed by atoms with Crippen LogP contribution in [0.5, 0.6) is 0 Å². The van der Waals surface area contributed by atoms with E-state index in [-0.39, 0.29) is 16.1 Å². The van der Waals surface area contributed by atoms with Crippen LogP contribution in [0.3, 0.4) is 0 Å². The standard InChI is InChI=1S/C23H15N5O5S/c24-13-16-9-10-22-21(11-16)18(14-25-26-23(29)17-5-2-1-3-6-17)15-27(22)34(32,33)20-8-4-7-19(12-20)28(30)31/h1-12,14-15H,(H,26,29)/b25-14+. The second kappa shape index (κ2) is 8.97. The van der Waals surface area contributed by atoms with E-state index in [9.17, 15) is 28.6 Å². The number of benzene rings is 3. The highest BCUT2D eigenvalue weighted by atomic mass is 32.2. The first-order valence-corrected chi connectivity index (χ1v) is 11.2. The van der Waals surface area contributed by atoms with E-state index in [0.717, 1.165) is 10.0 Å². The van der Waals surface area contributed by atoms with E-state index < -0.39 is 20.9 Å². The fourth-order valence-corrected chi connectivity index (χ4v) is 4.70. The summed E-state index contributed by atoms with van der Waals surface area (Å²) < 4.78 is 27.6. The molecule has 11 heteroatoms. The van der Waals surface area contributed by atoms with Gasteiger partial charge in [0.05, 0.1) is 33.2 Å². The number of nitrogens with one attached hydrogen (secondary N) is 1. The number of hydrogen-bond donors (Lipinski definition) is 1. The molecule has 34 heavy (non-hydrogen) atoms. The maximum absolute atomic E-state index is 13.3. The zero-order valence-electron chi connectivity index (χ0n) is 17.3. The average Bonchev–Trinajstić information content (AvgIpc) is 3.23. The minimum absolute atomic E-state index is 0.237. The molecule has 0 saturated carbocycles. The summed E-state index contributed by atoms with van der Waals surface area (Å²) in [5.41, 5.74) is 3.24. The highest BCUT2D eigenvalue weighted by Gasteiger charge is 2.23. The summed E-state index contributed by atoms with van der Waals surface area (Å²) in [5, 5.41) is 24.7. The molecule has 0 aliphatic rings. The first-order chi connectivity index (χ1) is 16.3. The van der Waals surface area contributed by atoms with Crippen molar-refractivity contribution in [2.45, 2.75) is 4.90 Å². The van der Waals surface area contributed by atoms with Gasteiger partial charge in [0.15, 0.2) is 0 Å². The normalized spacial score (nSPS) is 11.4. The molecule has 10 nitrogen and oxygen atoms in total. The summed E-state index contributed by atoms with van der Waals surface area (Å²) in [6, 6.07) is 19.5. The van der Waals surface area contributed by atoms with Crippen LogP contribution in [-0.4, -0.2) is 29.4 Å². The number of non-ortho nitro benzene ring substituents is 1. The molecule has 0 bridgehead atoms. The Kier molecular flexibility index (Phi) is 5.90. The zero-order chi connectivity index (χ0) is 24.3. The number of aromatic nitrogens is 1. The number of fused-ring (bicyclic) bond motifs is 1. The van der Waals surface area contributed by atoms with E-state index >= 15 is 0 Å². The van der Waals surface area contributed by atoms with Crippen LogP contribution >= 0.6 is 0 Å². The number of hydrazone groups is 1. The molecule has 4 aromatic rings. The van der Waals surface area contributed by atoms with Crippen LogP contribution in [0.15, 0.2) is 89.0 Å². The SMILES string of the molecule is N#Cc1ccc2c(c1)c(/C=N/NC(=O)c1ccccc1)cn2S(=O)(=O)c1cccc([N+](=O)[O-])c1. The average molecular weight is 473 g/mol. The number of nitrogens with zero attached hydrogens (tertiary/aromatic N) is 4. The molecule has 168 valence electrons. The first kappa shape index (κ1) is 22.4. The summed E-state index contributed by atoms with van der Waals surface area (Å²) >= 11 is 0. The van der Waals surface area contributed by atoms with Crippen LogP contribution in [0.2, 0.25) is 0 Å². The van der Waals surface area contributed by atoms with Crippen molar-refractivity contribution in [1.29, 1.82) is 5.26 Å². The lowest BCUT2D eigenvalue weighted by Crippen LogP contribution is -2.17. The number of nitriles is 1. The molecule has 3 aromatic carbocycles. The Hall–Kier alpha value is -4.82. The number of carbonyl (C=O) groups is 1. The minimum Gasteiger partial charge on any atom is -0.267 e. The maximum atomic E-state index is 13.3. The number of nitro benzene ring substituents is 1. The summed E-state index contributed by atoms with van der Waals surface area (Å²) in [6.45, 7) is 0. The van der Waals surface area contributed by atoms with Gasteiger partial charge in [0.25, 0.3) is 21.6 Å². The monoisotopic (exact) mass is 473 g/mol. The van der Waals surface area contributed by atoms with Crippen molar-refractivity contribution in [3.63, 3.8) is 0 Å². The van der Waals surface area contributed by atoms with E-state index in [1.165, 1.54) is 48.8 Å². The molecular formula is C23H15N5O5S. The van der Waals surface area contributed by atoms with E-state index in [4.69, 9.17) is 0 Å². The van der Waals surface area contributed by atoms with Gasteiger partial charge in [-0.15, -0.1) is 0 Å². The predicted molar refractivity (Wildman–Crippen MR) is 124 cm³/mol. The predicted octanol–water partition coefficient (Wildman–Crippen LogP) is 3.42. The molecule has 1 amide bonds. The van der Waals surface area contributed by atoms with Gasteiger partial charge in [-0.2, -0.15) is 10.4 Å². The molecule has 0 aliphatic carbocycles. The smallest absolute Gasteiger partial charge is 0.267 e.